The molecule has 0 spiro atoms. The molecule has 0 bridgehead atoms. The minimum Gasteiger partial charge on any atom is -0.506 e. The van der Waals surface area contributed by atoms with Gasteiger partial charge in [-0.1, -0.05) is 11.6 Å². The molecule has 0 saturated heterocycles. The molecule has 0 fully saturated rings. The summed E-state index contributed by atoms with van der Waals surface area (Å²) in [6.45, 7) is 2.32. The molecule has 2 rings (SSSR count). The number of thiazole rings is 1. The molecule has 0 unspecified atom stereocenters. The van der Waals surface area contributed by atoms with Gasteiger partial charge < -0.3 is 14.7 Å². The molecular formula is C15H17ClN2O3S. The van der Waals surface area contributed by atoms with Crippen molar-refractivity contribution in [3.8, 4) is 5.75 Å². The maximum atomic E-state index is 12.3. The van der Waals surface area contributed by atoms with Gasteiger partial charge >= 0.3 is 0 Å². The smallest absolute Gasteiger partial charge is 0.254 e. The van der Waals surface area contributed by atoms with Crippen LogP contribution in [-0.4, -0.2) is 35.1 Å². The Morgan fingerprint density at radius 1 is 1.55 bits per heavy atom. The highest BCUT2D eigenvalue weighted by Crippen LogP contribution is 2.25. The highest BCUT2D eigenvalue weighted by Gasteiger charge is 2.16. The topological polar surface area (TPSA) is 62.7 Å². The van der Waals surface area contributed by atoms with Gasteiger partial charge in [0.2, 0.25) is 0 Å². The Balaban J connectivity index is 2.07. The number of aromatic nitrogens is 1. The van der Waals surface area contributed by atoms with Crippen molar-refractivity contribution in [2.75, 3.05) is 14.2 Å². The van der Waals surface area contributed by atoms with Gasteiger partial charge in [0.25, 0.3) is 5.91 Å². The Labute approximate surface area is 138 Å². The van der Waals surface area contributed by atoms with E-state index in [0.717, 1.165) is 10.7 Å². The lowest BCUT2D eigenvalue weighted by Crippen LogP contribution is -2.26. The Hall–Kier alpha value is -1.63. The van der Waals surface area contributed by atoms with Crippen molar-refractivity contribution in [1.82, 2.24) is 9.88 Å². The first-order valence-electron chi connectivity index (χ1n) is 6.63. The predicted octanol–water partition coefficient (Wildman–Crippen LogP) is 3.48. The third kappa shape index (κ3) is 3.76. The van der Waals surface area contributed by atoms with Crippen LogP contribution in [0.4, 0.5) is 0 Å². The van der Waals surface area contributed by atoms with Gasteiger partial charge in [-0.15, -0.1) is 11.3 Å². The molecule has 118 valence electrons. The second-order valence-electron chi connectivity index (χ2n) is 4.88. The van der Waals surface area contributed by atoms with Crippen LogP contribution < -0.4 is 0 Å². The second kappa shape index (κ2) is 7.09. The SMILES string of the molecule is CO[C@@H](C)c1nc(CN(C)C(=O)c2ccc(O)c(Cl)c2)cs1. The van der Waals surface area contributed by atoms with Crippen molar-refractivity contribution in [3.63, 3.8) is 0 Å². The lowest BCUT2D eigenvalue weighted by Gasteiger charge is -2.16. The highest BCUT2D eigenvalue weighted by atomic mass is 35.5. The van der Waals surface area contributed by atoms with Crippen molar-refractivity contribution >= 4 is 28.8 Å². The summed E-state index contributed by atoms with van der Waals surface area (Å²) >= 11 is 7.34. The van der Waals surface area contributed by atoms with E-state index in [4.69, 9.17) is 16.3 Å². The molecule has 5 nitrogen and oxygen atoms in total. The molecule has 1 heterocycles. The van der Waals surface area contributed by atoms with E-state index in [1.54, 1.807) is 25.1 Å². The van der Waals surface area contributed by atoms with E-state index in [1.807, 2.05) is 12.3 Å². The van der Waals surface area contributed by atoms with Crippen LogP contribution in [0.1, 0.15) is 34.1 Å². The van der Waals surface area contributed by atoms with Crippen molar-refractivity contribution in [3.05, 3.63) is 44.9 Å². The number of phenolic OH excluding ortho intramolecular Hbond substituents is 1. The number of benzene rings is 1. The summed E-state index contributed by atoms with van der Waals surface area (Å²) in [5.41, 5.74) is 1.23. The minimum absolute atomic E-state index is 0.0430. The summed E-state index contributed by atoms with van der Waals surface area (Å²) in [5, 5.41) is 12.4. The third-order valence-electron chi connectivity index (χ3n) is 3.21. The Bertz CT molecular complexity index is 675. The van der Waals surface area contributed by atoms with E-state index >= 15 is 0 Å². The number of nitrogens with zero attached hydrogens (tertiary/aromatic N) is 2. The van der Waals surface area contributed by atoms with E-state index < -0.39 is 0 Å². The van der Waals surface area contributed by atoms with Gasteiger partial charge in [0.15, 0.2) is 0 Å². The first-order chi connectivity index (χ1) is 10.4. The van der Waals surface area contributed by atoms with Crippen LogP contribution in [0, 0.1) is 0 Å². The van der Waals surface area contributed by atoms with Gasteiger partial charge in [-0.25, -0.2) is 4.98 Å². The Morgan fingerprint density at radius 2 is 2.27 bits per heavy atom. The zero-order chi connectivity index (χ0) is 16.3. The summed E-state index contributed by atoms with van der Waals surface area (Å²) in [6, 6.07) is 4.40. The summed E-state index contributed by atoms with van der Waals surface area (Å²) < 4.78 is 5.22. The number of amides is 1. The maximum absolute atomic E-state index is 12.3. The summed E-state index contributed by atoms with van der Waals surface area (Å²) in [6.07, 6.45) is -0.0596. The van der Waals surface area contributed by atoms with Crippen molar-refractivity contribution in [1.29, 1.82) is 0 Å². The molecular weight excluding hydrogens is 324 g/mol. The van der Waals surface area contributed by atoms with Crippen LogP contribution in [0.3, 0.4) is 0 Å². The van der Waals surface area contributed by atoms with Gasteiger partial charge in [0, 0.05) is 25.1 Å². The molecule has 0 saturated carbocycles. The number of aromatic hydroxyl groups is 1. The fourth-order valence-electron chi connectivity index (χ4n) is 1.86. The van der Waals surface area contributed by atoms with Crippen LogP contribution in [0.25, 0.3) is 0 Å². The summed E-state index contributed by atoms with van der Waals surface area (Å²) in [5.74, 6) is -0.227. The molecule has 0 radical (unpaired) electrons. The maximum Gasteiger partial charge on any atom is 0.254 e. The average Bonchev–Trinajstić information content (AvgIpc) is 2.96. The van der Waals surface area contributed by atoms with E-state index in [9.17, 15) is 9.90 Å². The Morgan fingerprint density at radius 3 is 2.91 bits per heavy atom. The summed E-state index contributed by atoms with van der Waals surface area (Å²) in [7, 11) is 3.33. The zero-order valence-electron chi connectivity index (χ0n) is 12.5. The number of carbonyl (C=O) groups excluding carboxylic acids is 1. The molecule has 1 atom stereocenters. The predicted molar refractivity (Wildman–Crippen MR) is 86.5 cm³/mol. The van der Waals surface area contributed by atoms with Gasteiger partial charge in [-0.3, -0.25) is 4.79 Å². The largest absolute Gasteiger partial charge is 0.506 e. The van der Waals surface area contributed by atoms with Gasteiger partial charge in [-0.2, -0.15) is 0 Å². The monoisotopic (exact) mass is 340 g/mol. The number of halogens is 1. The first kappa shape index (κ1) is 16.7. The van der Waals surface area contributed by atoms with Crippen molar-refractivity contribution in [2.24, 2.45) is 0 Å². The molecule has 1 N–H and O–H groups in total. The number of carbonyl (C=O) groups is 1. The van der Waals surface area contributed by atoms with Crippen LogP contribution >= 0.6 is 22.9 Å². The normalized spacial score (nSPS) is 12.2. The number of ether oxygens (including phenoxy) is 1. The lowest BCUT2D eigenvalue weighted by molar-refractivity contribution is 0.0783. The van der Waals surface area contributed by atoms with E-state index in [2.05, 4.69) is 4.98 Å². The molecule has 1 aromatic carbocycles. The van der Waals surface area contributed by atoms with Gasteiger partial charge in [0.1, 0.15) is 16.9 Å². The number of rotatable bonds is 5. The molecule has 22 heavy (non-hydrogen) atoms. The molecule has 1 aromatic heterocycles. The summed E-state index contributed by atoms with van der Waals surface area (Å²) in [4.78, 5) is 18.4. The highest BCUT2D eigenvalue weighted by molar-refractivity contribution is 7.09. The fourth-order valence-corrected chi connectivity index (χ4v) is 2.88. The van der Waals surface area contributed by atoms with Crippen LogP contribution in [0.5, 0.6) is 5.75 Å². The van der Waals surface area contributed by atoms with Crippen LogP contribution in [-0.2, 0) is 11.3 Å². The van der Waals surface area contributed by atoms with E-state index in [0.29, 0.717) is 12.1 Å². The van der Waals surface area contributed by atoms with E-state index in [-0.39, 0.29) is 22.8 Å². The average molecular weight is 341 g/mol. The first-order valence-corrected chi connectivity index (χ1v) is 7.89. The van der Waals surface area contributed by atoms with Gasteiger partial charge in [-0.05, 0) is 25.1 Å². The van der Waals surface area contributed by atoms with Crippen molar-refractivity contribution in [2.45, 2.75) is 19.6 Å². The van der Waals surface area contributed by atoms with Crippen LogP contribution in [0.15, 0.2) is 23.6 Å². The molecule has 2 aromatic rings. The minimum atomic E-state index is -0.184. The second-order valence-corrected chi connectivity index (χ2v) is 6.18. The van der Waals surface area contributed by atoms with E-state index in [1.165, 1.54) is 23.5 Å². The number of hydrogen-bond acceptors (Lipinski definition) is 5. The number of phenols is 1. The van der Waals surface area contributed by atoms with Crippen molar-refractivity contribution < 1.29 is 14.6 Å². The molecule has 0 aliphatic rings. The zero-order valence-corrected chi connectivity index (χ0v) is 14.1. The molecule has 0 aliphatic carbocycles. The molecule has 7 heteroatoms. The Kier molecular flexibility index (Phi) is 5.39. The standard InChI is InChI=1S/C15H17ClN2O3S/c1-9(21-3)14-17-11(8-22-14)7-18(2)15(20)10-4-5-13(19)12(16)6-10/h4-6,8-9,19H,7H2,1-3H3/t9-/m0/s1. The quantitative estimate of drug-likeness (QED) is 0.905. The molecule has 1 amide bonds. The van der Waals surface area contributed by atoms with Gasteiger partial charge in [0.05, 0.1) is 17.3 Å². The number of hydrogen-bond donors (Lipinski definition) is 1. The van der Waals surface area contributed by atoms with Crippen LogP contribution in [0.2, 0.25) is 5.02 Å². The fraction of sp³-hybridized carbons (Fsp3) is 0.333. The molecule has 0 aliphatic heterocycles. The lowest BCUT2D eigenvalue weighted by atomic mass is 10.2. The number of methoxy groups -OCH3 is 1. The third-order valence-corrected chi connectivity index (χ3v) is 4.57.